The quantitative estimate of drug-likeness (QED) is 0.740. The van der Waals surface area contributed by atoms with Gasteiger partial charge in [0.1, 0.15) is 11.5 Å². The van der Waals surface area contributed by atoms with E-state index < -0.39 is 11.7 Å². The Morgan fingerprint density at radius 2 is 1.93 bits per heavy atom. The van der Waals surface area contributed by atoms with Gasteiger partial charge >= 0.3 is 0 Å². The standard InChI is InChI=1S/C19H22FN5O4/c1-24-18(27)5-4-15(23-24)19(28)21-13-2-3-14(20)16(12-13)22-17(26)6-7-25-8-10-29-11-9-25/h2-5,12H,6-11H2,1H3,(H,21,28)(H,22,26). The van der Waals surface area contributed by atoms with Crippen LogP contribution in [0.5, 0.6) is 0 Å². The number of morpholine rings is 1. The number of anilines is 2. The van der Waals surface area contributed by atoms with Crippen LogP contribution >= 0.6 is 0 Å². The molecule has 3 rings (SSSR count). The lowest BCUT2D eigenvalue weighted by Gasteiger charge is -2.26. The fourth-order valence-electron chi connectivity index (χ4n) is 2.81. The molecule has 1 aliphatic rings. The SMILES string of the molecule is Cn1nc(C(=O)Nc2ccc(F)c(NC(=O)CCN3CCOCC3)c2)ccc1=O. The second-order valence-corrected chi connectivity index (χ2v) is 6.58. The van der Waals surface area contributed by atoms with Crippen molar-refractivity contribution in [2.24, 2.45) is 7.05 Å². The minimum atomic E-state index is -0.608. The summed E-state index contributed by atoms with van der Waals surface area (Å²) in [6.07, 6.45) is 0.220. The molecule has 1 saturated heterocycles. The first kappa shape index (κ1) is 20.6. The highest BCUT2D eigenvalue weighted by molar-refractivity contribution is 6.03. The number of hydrogen-bond donors (Lipinski definition) is 2. The summed E-state index contributed by atoms with van der Waals surface area (Å²) >= 11 is 0. The van der Waals surface area contributed by atoms with Gasteiger partial charge in [0, 0.05) is 44.9 Å². The molecule has 2 amide bonds. The summed E-state index contributed by atoms with van der Waals surface area (Å²) in [5.74, 6) is -1.49. The number of halogens is 1. The van der Waals surface area contributed by atoms with Gasteiger partial charge in [-0.15, -0.1) is 0 Å². The average molecular weight is 403 g/mol. The molecule has 10 heteroatoms. The number of benzene rings is 1. The number of hydrogen-bond acceptors (Lipinski definition) is 6. The van der Waals surface area contributed by atoms with Crippen molar-refractivity contribution in [1.29, 1.82) is 0 Å². The first-order chi connectivity index (χ1) is 13.9. The molecule has 1 aromatic heterocycles. The van der Waals surface area contributed by atoms with Crippen molar-refractivity contribution < 1.29 is 18.7 Å². The topological polar surface area (TPSA) is 106 Å². The van der Waals surface area contributed by atoms with E-state index in [1.807, 2.05) is 0 Å². The van der Waals surface area contributed by atoms with Gasteiger partial charge in [-0.05, 0) is 24.3 Å². The van der Waals surface area contributed by atoms with Crippen LogP contribution in [0.1, 0.15) is 16.9 Å². The Balaban J connectivity index is 1.61. The number of aromatic nitrogens is 2. The molecular weight excluding hydrogens is 381 g/mol. The molecule has 1 aromatic carbocycles. The predicted octanol–water partition coefficient (Wildman–Crippen LogP) is 0.832. The van der Waals surface area contributed by atoms with Crippen molar-refractivity contribution in [3.8, 4) is 0 Å². The van der Waals surface area contributed by atoms with Gasteiger partial charge in [0.15, 0.2) is 0 Å². The van der Waals surface area contributed by atoms with E-state index in [-0.39, 0.29) is 35.0 Å². The van der Waals surface area contributed by atoms with E-state index in [9.17, 15) is 18.8 Å². The van der Waals surface area contributed by atoms with Crippen LogP contribution in [0.25, 0.3) is 0 Å². The van der Waals surface area contributed by atoms with E-state index >= 15 is 0 Å². The van der Waals surface area contributed by atoms with E-state index in [1.165, 1.54) is 31.3 Å². The molecule has 0 aliphatic carbocycles. The van der Waals surface area contributed by atoms with Crippen LogP contribution in [0.3, 0.4) is 0 Å². The largest absolute Gasteiger partial charge is 0.379 e. The zero-order valence-electron chi connectivity index (χ0n) is 16.0. The number of ether oxygens (including phenoxy) is 1. The summed E-state index contributed by atoms with van der Waals surface area (Å²) in [4.78, 5) is 37.9. The lowest BCUT2D eigenvalue weighted by atomic mass is 10.2. The normalized spacial score (nSPS) is 14.4. The minimum absolute atomic E-state index is 0.0248. The fourth-order valence-corrected chi connectivity index (χ4v) is 2.81. The molecule has 1 fully saturated rings. The molecule has 0 saturated carbocycles. The highest BCUT2D eigenvalue weighted by atomic mass is 19.1. The third-order valence-electron chi connectivity index (χ3n) is 4.45. The molecule has 29 heavy (non-hydrogen) atoms. The molecule has 0 spiro atoms. The summed E-state index contributed by atoms with van der Waals surface area (Å²) in [5.41, 5.74) is -0.0448. The number of nitrogens with zero attached hydrogens (tertiary/aromatic N) is 3. The van der Waals surface area contributed by atoms with Crippen molar-refractivity contribution in [2.75, 3.05) is 43.5 Å². The Labute approximate surface area is 166 Å². The summed E-state index contributed by atoms with van der Waals surface area (Å²) in [6, 6.07) is 6.39. The van der Waals surface area contributed by atoms with Crippen LogP contribution in [0.4, 0.5) is 15.8 Å². The lowest BCUT2D eigenvalue weighted by molar-refractivity contribution is -0.116. The molecule has 0 unspecified atom stereocenters. The number of nitrogens with one attached hydrogen (secondary N) is 2. The average Bonchev–Trinajstić information content (AvgIpc) is 2.71. The van der Waals surface area contributed by atoms with E-state index in [2.05, 4.69) is 20.6 Å². The second-order valence-electron chi connectivity index (χ2n) is 6.58. The van der Waals surface area contributed by atoms with Crippen LogP contribution in [0.15, 0.2) is 35.1 Å². The molecule has 2 aromatic rings. The van der Waals surface area contributed by atoms with E-state index in [4.69, 9.17) is 4.74 Å². The van der Waals surface area contributed by atoms with Gasteiger partial charge < -0.3 is 15.4 Å². The highest BCUT2D eigenvalue weighted by Crippen LogP contribution is 2.20. The monoisotopic (exact) mass is 403 g/mol. The zero-order chi connectivity index (χ0) is 20.8. The van der Waals surface area contributed by atoms with E-state index in [0.29, 0.717) is 19.8 Å². The van der Waals surface area contributed by atoms with Gasteiger partial charge in [0.25, 0.3) is 11.5 Å². The van der Waals surface area contributed by atoms with Crippen LogP contribution in [0, 0.1) is 5.82 Å². The van der Waals surface area contributed by atoms with Crippen LogP contribution in [0.2, 0.25) is 0 Å². The molecule has 0 atom stereocenters. The van der Waals surface area contributed by atoms with Gasteiger partial charge in [0.2, 0.25) is 5.91 Å². The predicted molar refractivity (Wildman–Crippen MR) is 104 cm³/mol. The highest BCUT2D eigenvalue weighted by Gasteiger charge is 2.14. The Kier molecular flexibility index (Phi) is 6.68. The Bertz CT molecular complexity index is 956. The molecule has 154 valence electrons. The summed E-state index contributed by atoms with van der Waals surface area (Å²) < 4.78 is 20.4. The Morgan fingerprint density at radius 3 is 2.66 bits per heavy atom. The zero-order valence-corrected chi connectivity index (χ0v) is 16.0. The van der Waals surface area contributed by atoms with Gasteiger partial charge in [-0.25, -0.2) is 9.07 Å². The molecular formula is C19H22FN5O4. The van der Waals surface area contributed by atoms with Crippen LogP contribution in [-0.4, -0.2) is 59.3 Å². The first-order valence-corrected chi connectivity index (χ1v) is 9.17. The van der Waals surface area contributed by atoms with Gasteiger partial charge in [-0.1, -0.05) is 0 Å². The minimum Gasteiger partial charge on any atom is -0.379 e. The third kappa shape index (κ3) is 5.69. The fraction of sp³-hybridized carbons (Fsp3) is 0.368. The van der Waals surface area contributed by atoms with Crippen molar-refractivity contribution in [1.82, 2.24) is 14.7 Å². The van der Waals surface area contributed by atoms with E-state index in [1.54, 1.807) is 0 Å². The Hall–Kier alpha value is -3.11. The smallest absolute Gasteiger partial charge is 0.276 e. The maximum Gasteiger partial charge on any atom is 0.276 e. The lowest BCUT2D eigenvalue weighted by Crippen LogP contribution is -2.38. The Morgan fingerprint density at radius 1 is 1.17 bits per heavy atom. The summed E-state index contributed by atoms with van der Waals surface area (Å²) in [7, 11) is 1.43. The van der Waals surface area contributed by atoms with Gasteiger partial charge in [0.05, 0.1) is 18.9 Å². The maximum atomic E-state index is 14.1. The summed E-state index contributed by atoms with van der Waals surface area (Å²) in [5, 5.41) is 8.97. The number of carbonyl (C=O) groups excluding carboxylic acids is 2. The van der Waals surface area contributed by atoms with Crippen LogP contribution in [-0.2, 0) is 16.6 Å². The molecule has 9 nitrogen and oxygen atoms in total. The van der Waals surface area contributed by atoms with Crippen molar-refractivity contribution in [2.45, 2.75) is 6.42 Å². The third-order valence-corrected chi connectivity index (χ3v) is 4.45. The van der Waals surface area contributed by atoms with Gasteiger partial charge in [-0.2, -0.15) is 5.10 Å². The second kappa shape index (κ2) is 9.39. The molecule has 1 aliphatic heterocycles. The molecule has 0 radical (unpaired) electrons. The first-order valence-electron chi connectivity index (χ1n) is 9.17. The van der Waals surface area contributed by atoms with E-state index in [0.717, 1.165) is 23.8 Å². The van der Waals surface area contributed by atoms with Crippen molar-refractivity contribution in [3.63, 3.8) is 0 Å². The molecule has 0 bridgehead atoms. The van der Waals surface area contributed by atoms with Crippen LogP contribution < -0.4 is 16.2 Å². The number of aryl methyl sites for hydroxylation is 1. The molecule has 2 N–H and O–H groups in total. The van der Waals surface area contributed by atoms with Crippen molar-refractivity contribution >= 4 is 23.2 Å². The van der Waals surface area contributed by atoms with Crippen molar-refractivity contribution in [3.05, 3.63) is 52.2 Å². The molecule has 2 heterocycles. The summed E-state index contributed by atoms with van der Waals surface area (Å²) in [6.45, 7) is 3.38. The number of amides is 2. The van der Waals surface area contributed by atoms with Gasteiger partial charge in [-0.3, -0.25) is 19.3 Å². The number of rotatable bonds is 6. The maximum absolute atomic E-state index is 14.1. The number of carbonyl (C=O) groups is 2.